The van der Waals surface area contributed by atoms with E-state index in [0.29, 0.717) is 12.0 Å². The molecule has 17 heteroatoms. The largest absolute Gasteiger partial charge is 0.459 e. The lowest BCUT2D eigenvalue weighted by Gasteiger charge is -2.52. The third kappa shape index (κ3) is 6.03. The molecule has 3 atom stereocenters. The Morgan fingerprint density at radius 1 is 1.40 bits per heavy atom. The highest BCUT2D eigenvalue weighted by Gasteiger charge is 2.57. The Labute approximate surface area is 234 Å². The number of benzene rings is 1. The van der Waals surface area contributed by atoms with Crippen molar-refractivity contribution in [1.82, 2.24) is 15.2 Å². The SMILES string of the molecule is C#CCON=C(C(=O)NC1C(=O)N2CC(O)(C(=O)OCc3ccc([N+](=O)[O-])cc3)CS[C@H]12)c1csc(NC=O)n1. The van der Waals surface area contributed by atoms with Gasteiger partial charge in [-0.05, 0) is 17.7 Å². The van der Waals surface area contributed by atoms with E-state index in [4.69, 9.17) is 16.0 Å². The van der Waals surface area contributed by atoms with Crippen LogP contribution in [-0.4, -0.2) is 85.7 Å². The van der Waals surface area contributed by atoms with Crippen molar-refractivity contribution in [2.45, 2.75) is 23.6 Å². The molecule has 208 valence electrons. The van der Waals surface area contributed by atoms with E-state index in [0.717, 1.165) is 23.1 Å². The summed E-state index contributed by atoms with van der Waals surface area (Å²) in [5.41, 5.74) is -1.83. The third-order valence-corrected chi connectivity index (χ3v) is 7.98. The second kappa shape index (κ2) is 12.1. The Bertz CT molecular complexity index is 1410. The van der Waals surface area contributed by atoms with Gasteiger partial charge in [0.05, 0.1) is 11.5 Å². The molecule has 2 unspecified atom stereocenters. The Balaban J connectivity index is 1.36. The van der Waals surface area contributed by atoms with Crippen LogP contribution in [0.1, 0.15) is 11.3 Å². The highest BCUT2D eigenvalue weighted by Crippen LogP contribution is 2.39. The Morgan fingerprint density at radius 2 is 2.15 bits per heavy atom. The second-order valence-electron chi connectivity index (χ2n) is 8.37. The number of esters is 1. The van der Waals surface area contributed by atoms with Crippen LogP contribution < -0.4 is 10.6 Å². The number of rotatable bonds is 11. The van der Waals surface area contributed by atoms with Crippen molar-refractivity contribution in [3.8, 4) is 12.3 Å². The van der Waals surface area contributed by atoms with Crippen molar-refractivity contribution in [1.29, 1.82) is 0 Å². The number of hydrogen-bond donors (Lipinski definition) is 3. The van der Waals surface area contributed by atoms with E-state index >= 15 is 0 Å². The van der Waals surface area contributed by atoms with Crippen LogP contribution in [0.25, 0.3) is 0 Å². The lowest BCUT2D eigenvalue weighted by Crippen LogP contribution is -2.75. The van der Waals surface area contributed by atoms with E-state index < -0.39 is 39.7 Å². The summed E-state index contributed by atoms with van der Waals surface area (Å²) in [6.07, 6.45) is 5.57. The van der Waals surface area contributed by atoms with Crippen molar-refractivity contribution >= 4 is 63.8 Å². The molecule has 1 aromatic heterocycles. The van der Waals surface area contributed by atoms with Gasteiger partial charge in [-0.15, -0.1) is 29.5 Å². The van der Waals surface area contributed by atoms with Crippen LogP contribution in [0.3, 0.4) is 0 Å². The molecule has 2 fully saturated rings. The van der Waals surface area contributed by atoms with Gasteiger partial charge in [0.1, 0.15) is 23.7 Å². The topological polar surface area (TPSA) is 203 Å². The highest BCUT2D eigenvalue weighted by atomic mass is 32.2. The van der Waals surface area contributed by atoms with E-state index in [9.17, 15) is 34.4 Å². The standard InChI is InChI=1S/C23H20N6O9S2/c1-2-7-38-27-16(15-9-39-22(25-15)24-12-30)18(31)26-17-19(32)28-10-23(34,11-40-20(17)28)21(33)37-8-13-3-5-14(6-4-13)29(35)36/h1,3-6,9,12,17,20,34H,7-8,10-11H2,(H,26,31)(H,24,25,30)/t17?,20-,23?/m1/s1. The number of nitro groups is 1. The van der Waals surface area contributed by atoms with Crippen LogP contribution in [0, 0.1) is 22.5 Å². The minimum atomic E-state index is -2.00. The van der Waals surface area contributed by atoms with Crippen LogP contribution in [0.4, 0.5) is 10.8 Å². The molecular weight excluding hydrogens is 568 g/mol. The zero-order chi connectivity index (χ0) is 28.9. The number of nitrogens with zero attached hydrogens (tertiary/aromatic N) is 4. The van der Waals surface area contributed by atoms with Gasteiger partial charge in [-0.1, -0.05) is 11.1 Å². The number of nitrogens with one attached hydrogen (secondary N) is 2. The molecule has 40 heavy (non-hydrogen) atoms. The summed E-state index contributed by atoms with van der Waals surface area (Å²) in [6.45, 7) is -0.813. The molecule has 2 aliphatic heterocycles. The third-order valence-electron chi connectivity index (χ3n) is 5.70. The Hall–Kier alpha value is -4.53. The molecular formula is C23H20N6O9S2. The zero-order valence-corrected chi connectivity index (χ0v) is 22.0. The minimum Gasteiger partial charge on any atom is -0.459 e. The normalized spacial score (nSPS) is 21.8. The predicted molar refractivity (Wildman–Crippen MR) is 141 cm³/mol. The van der Waals surface area contributed by atoms with E-state index in [1.807, 2.05) is 0 Å². The van der Waals surface area contributed by atoms with Gasteiger partial charge in [-0.2, -0.15) is 0 Å². The number of hydrogen-bond acceptors (Lipinski definition) is 13. The molecule has 0 aliphatic carbocycles. The van der Waals surface area contributed by atoms with Gasteiger partial charge in [-0.3, -0.25) is 24.5 Å². The van der Waals surface area contributed by atoms with Gasteiger partial charge in [-0.25, -0.2) is 9.78 Å². The lowest BCUT2D eigenvalue weighted by molar-refractivity contribution is -0.384. The van der Waals surface area contributed by atoms with Crippen LogP contribution in [0.15, 0.2) is 34.8 Å². The summed E-state index contributed by atoms with van der Waals surface area (Å²) in [6, 6.07) is 4.39. The average molecular weight is 589 g/mol. The number of carbonyl (C=O) groups is 4. The number of aromatic nitrogens is 1. The van der Waals surface area contributed by atoms with E-state index in [-0.39, 0.29) is 47.7 Å². The lowest BCUT2D eigenvalue weighted by atomic mass is 9.99. The molecule has 4 rings (SSSR count). The molecule has 0 saturated carbocycles. The summed E-state index contributed by atoms with van der Waals surface area (Å²) in [5.74, 6) is -0.211. The highest BCUT2D eigenvalue weighted by molar-refractivity contribution is 8.00. The molecule has 3 amide bonds. The molecule has 1 aromatic carbocycles. The van der Waals surface area contributed by atoms with Gasteiger partial charge in [0.2, 0.25) is 12.3 Å². The molecule has 3 heterocycles. The van der Waals surface area contributed by atoms with E-state index in [2.05, 4.69) is 26.7 Å². The van der Waals surface area contributed by atoms with Crippen molar-refractivity contribution < 1.29 is 38.8 Å². The van der Waals surface area contributed by atoms with E-state index in [1.165, 1.54) is 34.5 Å². The van der Waals surface area contributed by atoms with Crippen LogP contribution >= 0.6 is 23.1 Å². The summed E-state index contributed by atoms with van der Waals surface area (Å²) in [4.78, 5) is 69.6. The Morgan fingerprint density at radius 3 is 2.83 bits per heavy atom. The summed E-state index contributed by atoms with van der Waals surface area (Å²) >= 11 is 2.11. The maximum Gasteiger partial charge on any atom is 0.341 e. The van der Waals surface area contributed by atoms with Crippen molar-refractivity contribution in [3.05, 3.63) is 51.0 Å². The van der Waals surface area contributed by atoms with E-state index in [1.54, 1.807) is 0 Å². The van der Waals surface area contributed by atoms with Gasteiger partial charge in [0.25, 0.3) is 11.6 Å². The first kappa shape index (κ1) is 28.5. The van der Waals surface area contributed by atoms with Gasteiger partial charge in [0.15, 0.2) is 23.1 Å². The summed E-state index contributed by atoms with van der Waals surface area (Å²) in [7, 11) is 0. The molecule has 0 spiro atoms. The van der Waals surface area contributed by atoms with Gasteiger partial charge >= 0.3 is 5.97 Å². The predicted octanol–water partition coefficient (Wildman–Crippen LogP) is -0.152. The number of fused-ring (bicyclic) bond motifs is 1. The fraction of sp³-hybridized carbons (Fsp3) is 0.304. The maximum atomic E-state index is 13.0. The molecule has 0 radical (unpaired) electrons. The number of nitro benzene ring substituents is 1. The first-order chi connectivity index (χ1) is 19.2. The maximum absolute atomic E-state index is 13.0. The summed E-state index contributed by atoms with van der Waals surface area (Å²) in [5, 5.41) is 31.4. The first-order valence-corrected chi connectivity index (χ1v) is 13.2. The summed E-state index contributed by atoms with van der Waals surface area (Å²) < 4.78 is 5.20. The average Bonchev–Trinajstić information content (AvgIpc) is 3.41. The number of terminal acetylenes is 1. The van der Waals surface area contributed by atoms with Crippen molar-refractivity contribution in [3.63, 3.8) is 0 Å². The first-order valence-electron chi connectivity index (χ1n) is 11.3. The van der Waals surface area contributed by atoms with Gasteiger partial charge in [0, 0.05) is 23.3 Å². The molecule has 0 bridgehead atoms. The number of amides is 3. The second-order valence-corrected chi connectivity index (χ2v) is 10.3. The van der Waals surface area contributed by atoms with Gasteiger partial charge < -0.3 is 30.2 Å². The van der Waals surface area contributed by atoms with Crippen LogP contribution in [-0.2, 0) is 35.4 Å². The quantitative estimate of drug-likeness (QED) is 0.0460. The molecule has 2 saturated heterocycles. The smallest absolute Gasteiger partial charge is 0.341 e. The fourth-order valence-corrected chi connectivity index (χ4v) is 5.78. The fourth-order valence-electron chi connectivity index (χ4n) is 3.73. The zero-order valence-electron chi connectivity index (χ0n) is 20.3. The number of thioether (sulfide) groups is 1. The molecule has 2 aromatic rings. The number of aliphatic hydroxyl groups is 1. The number of thiazole rings is 1. The molecule has 15 nitrogen and oxygen atoms in total. The Kier molecular flexibility index (Phi) is 8.62. The number of carbonyl (C=O) groups excluding carboxylic acids is 4. The molecule has 2 aliphatic rings. The number of ether oxygens (including phenoxy) is 1. The molecule has 3 N–H and O–H groups in total. The number of oxime groups is 1. The number of anilines is 1. The monoisotopic (exact) mass is 588 g/mol. The number of non-ortho nitro benzene ring substituents is 1. The van der Waals surface area contributed by atoms with Crippen LogP contribution in [0.5, 0.6) is 0 Å². The van der Waals surface area contributed by atoms with Crippen LogP contribution in [0.2, 0.25) is 0 Å². The minimum absolute atomic E-state index is 0.0777. The van der Waals surface area contributed by atoms with Crippen molar-refractivity contribution in [2.75, 3.05) is 24.2 Å². The van der Waals surface area contributed by atoms with Crippen molar-refractivity contribution in [2.24, 2.45) is 5.16 Å². The number of β-lactam (4-membered cyclic amide) rings is 1.